The van der Waals surface area contributed by atoms with Gasteiger partial charge in [-0.1, -0.05) is 29.8 Å². The zero-order valence-electron chi connectivity index (χ0n) is 10.7. The van der Waals surface area contributed by atoms with Gasteiger partial charge < -0.3 is 5.11 Å². The summed E-state index contributed by atoms with van der Waals surface area (Å²) in [6, 6.07) is 8.84. The molecule has 1 saturated heterocycles. The van der Waals surface area contributed by atoms with Crippen LogP contribution in [0.1, 0.15) is 30.4 Å². The highest BCUT2D eigenvalue weighted by Gasteiger charge is 2.18. The van der Waals surface area contributed by atoms with Crippen LogP contribution in [0.4, 0.5) is 0 Å². The van der Waals surface area contributed by atoms with E-state index in [1.54, 1.807) is 0 Å². The average Bonchev–Trinajstić information content (AvgIpc) is 2.35. The van der Waals surface area contributed by atoms with Crippen molar-refractivity contribution in [3.05, 3.63) is 35.4 Å². The first-order valence-corrected chi connectivity index (χ1v) is 6.66. The third kappa shape index (κ3) is 3.83. The second-order valence-electron chi connectivity index (χ2n) is 5.22. The molecule has 0 bridgehead atoms. The van der Waals surface area contributed by atoms with Crippen molar-refractivity contribution >= 4 is 0 Å². The van der Waals surface area contributed by atoms with E-state index in [4.69, 9.17) is 5.11 Å². The first kappa shape index (κ1) is 12.6. The predicted octanol–water partition coefficient (Wildman–Crippen LogP) is 2.59. The minimum Gasteiger partial charge on any atom is -0.396 e. The van der Waals surface area contributed by atoms with Gasteiger partial charge in [-0.25, -0.2) is 0 Å². The van der Waals surface area contributed by atoms with Gasteiger partial charge >= 0.3 is 0 Å². The number of nitrogens with zero attached hydrogens (tertiary/aromatic N) is 1. The summed E-state index contributed by atoms with van der Waals surface area (Å²) >= 11 is 0. The van der Waals surface area contributed by atoms with Crippen LogP contribution < -0.4 is 0 Å². The maximum absolute atomic E-state index is 8.93. The van der Waals surface area contributed by atoms with Crippen LogP contribution in [0.2, 0.25) is 0 Å². The lowest BCUT2D eigenvalue weighted by Gasteiger charge is -2.31. The second kappa shape index (κ2) is 6.18. The highest BCUT2D eigenvalue weighted by Crippen LogP contribution is 2.21. The minimum absolute atomic E-state index is 0.350. The predicted molar refractivity (Wildman–Crippen MR) is 70.9 cm³/mol. The number of likely N-dealkylation sites (tertiary alicyclic amines) is 1. The van der Waals surface area contributed by atoms with Gasteiger partial charge in [0.1, 0.15) is 0 Å². The normalized spacial score (nSPS) is 18.5. The Kier molecular flexibility index (Phi) is 4.57. The fraction of sp³-hybridized carbons (Fsp3) is 0.600. The fourth-order valence-corrected chi connectivity index (χ4v) is 2.57. The molecule has 1 aromatic rings. The standard InChI is InChI=1S/C15H23NO/c1-13-2-4-15(5-3-13)12-16-9-6-14(7-10-16)8-11-17/h2-5,14,17H,6-12H2,1H3. The number of aliphatic hydroxyl groups excluding tert-OH is 1. The lowest BCUT2D eigenvalue weighted by Crippen LogP contribution is -2.33. The van der Waals surface area contributed by atoms with E-state index >= 15 is 0 Å². The van der Waals surface area contributed by atoms with E-state index in [1.807, 2.05) is 0 Å². The van der Waals surface area contributed by atoms with Crippen molar-refractivity contribution < 1.29 is 5.11 Å². The number of hydrogen-bond acceptors (Lipinski definition) is 2. The van der Waals surface area contributed by atoms with E-state index in [0.717, 1.165) is 18.9 Å². The van der Waals surface area contributed by atoms with Crippen molar-refractivity contribution in [3.63, 3.8) is 0 Å². The Labute approximate surface area is 104 Å². The summed E-state index contributed by atoms with van der Waals surface area (Å²) in [5.41, 5.74) is 2.74. The van der Waals surface area contributed by atoms with Crippen molar-refractivity contribution in [1.29, 1.82) is 0 Å². The van der Waals surface area contributed by atoms with Crippen molar-refractivity contribution in [1.82, 2.24) is 4.90 Å². The summed E-state index contributed by atoms with van der Waals surface area (Å²) in [4.78, 5) is 2.53. The first-order chi connectivity index (χ1) is 8.28. The third-order valence-electron chi connectivity index (χ3n) is 3.77. The van der Waals surface area contributed by atoms with Crippen LogP contribution >= 0.6 is 0 Å². The largest absolute Gasteiger partial charge is 0.396 e. The molecule has 94 valence electrons. The summed E-state index contributed by atoms with van der Waals surface area (Å²) < 4.78 is 0. The monoisotopic (exact) mass is 233 g/mol. The van der Waals surface area contributed by atoms with Crippen LogP contribution in [0.25, 0.3) is 0 Å². The van der Waals surface area contributed by atoms with Crippen LogP contribution in [0, 0.1) is 12.8 Å². The molecule has 0 spiro atoms. The molecule has 1 fully saturated rings. The molecule has 0 atom stereocenters. The lowest BCUT2D eigenvalue weighted by atomic mass is 9.94. The minimum atomic E-state index is 0.350. The van der Waals surface area contributed by atoms with E-state index in [0.29, 0.717) is 6.61 Å². The van der Waals surface area contributed by atoms with Crippen molar-refractivity contribution in [2.45, 2.75) is 32.7 Å². The number of aliphatic hydroxyl groups is 1. The van der Waals surface area contributed by atoms with Gasteiger partial charge in [0.2, 0.25) is 0 Å². The highest BCUT2D eigenvalue weighted by molar-refractivity contribution is 5.21. The Morgan fingerprint density at radius 3 is 2.41 bits per heavy atom. The van der Waals surface area contributed by atoms with Crippen molar-refractivity contribution in [3.8, 4) is 0 Å². The van der Waals surface area contributed by atoms with Gasteiger partial charge in [-0.05, 0) is 50.8 Å². The number of benzene rings is 1. The van der Waals surface area contributed by atoms with Crippen LogP contribution in [0.3, 0.4) is 0 Å². The molecular weight excluding hydrogens is 210 g/mol. The number of hydrogen-bond donors (Lipinski definition) is 1. The molecule has 0 aromatic heterocycles. The Bertz CT molecular complexity index is 325. The van der Waals surface area contributed by atoms with Gasteiger partial charge in [-0.3, -0.25) is 4.90 Å². The van der Waals surface area contributed by atoms with Gasteiger partial charge in [0.15, 0.2) is 0 Å². The van der Waals surface area contributed by atoms with Crippen LogP contribution in [-0.2, 0) is 6.54 Å². The number of aryl methyl sites for hydroxylation is 1. The molecule has 1 aliphatic heterocycles. The quantitative estimate of drug-likeness (QED) is 0.864. The van der Waals surface area contributed by atoms with Gasteiger partial charge in [0.25, 0.3) is 0 Å². The zero-order chi connectivity index (χ0) is 12.1. The molecule has 2 heteroatoms. The molecule has 1 aromatic carbocycles. The van der Waals surface area contributed by atoms with E-state index in [2.05, 4.69) is 36.1 Å². The molecule has 1 heterocycles. The molecule has 2 rings (SSSR count). The molecule has 1 N–H and O–H groups in total. The molecule has 0 radical (unpaired) electrons. The van der Waals surface area contributed by atoms with Gasteiger partial charge in [0.05, 0.1) is 0 Å². The molecule has 0 saturated carbocycles. The maximum Gasteiger partial charge on any atom is 0.0433 e. The number of piperidine rings is 1. The summed E-state index contributed by atoms with van der Waals surface area (Å²) in [6.45, 7) is 5.91. The lowest BCUT2D eigenvalue weighted by molar-refractivity contribution is 0.153. The van der Waals surface area contributed by atoms with Crippen molar-refractivity contribution in [2.24, 2.45) is 5.92 Å². The Balaban J connectivity index is 1.79. The molecule has 0 amide bonds. The molecule has 0 unspecified atom stereocenters. The molecule has 2 nitrogen and oxygen atoms in total. The summed E-state index contributed by atoms with van der Waals surface area (Å²) in [5.74, 6) is 0.745. The van der Waals surface area contributed by atoms with E-state index in [1.165, 1.54) is 37.1 Å². The Morgan fingerprint density at radius 2 is 1.82 bits per heavy atom. The highest BCUT2D eigenvalue weighted by atomic mass is 16.3. The Hall–Kier alpha value is -0.860. The summed E-state index contributed by atoms with van der Waals surface area (Å²) in [5, 5.41) is 8.93. The van der Waals surface area contributed by atoms with E-state index in [-0.39, 0.29) is 0 Å². The number of rotatable bonds is 4. The van der Waals surface area contributed by atoms with E-state index < -0.39 is 0 Å². The average molecular weight is 233 g/mol. The fourth-order valence-electron chi connectivity index (χ4n) is 2.57. The Morgan fingerprint density at radius 1 is 1.18 bits per heavy atom. The van der Waals surface area contributed by atoms with Crippen LogP contribution in [0.5, 0.6) is 0 Å². The SMILES string of the molecule is Cc1ccc(CN2CCC(CCO)CC2)cc1. The van der Waals surface area contributed by atoms with Crippen molar-refractivity contribution in [2.75, 3.05) is 19.7 Å². The van der Waals surface area contributed by atoms with E-state index in [9.17, 15) is 0 Å². The smallest absolute Gasteiger partial charge is 0.0433 e. The van der Waals surface area contributed by atoms with Gasteiger partial charge in [0, 0.05) is 13.2 Å². The third-order valence-corrected chi connectivity index (χ3v) is 3.77. The first-order valence-electron chi connectivity index (χ1n) is 6.66. The zero-order valence-corrected chi connectivity index (χ0v) is 10.7. The summed E-state index contributed by atoms with van der Waals surface area (Å²) in [6.07, 6.45) is 3.47. The second-order valence-corrected chi connectivity index (χ2v) is 5.22. The summed E-state index contributed by atoms with van der Waals surface area (Å²) in [7, 11) is 0. The molecule has 17 heavy (non-hydrogen) atoms. The molecular formula is C15H23NO. The molecule has 0 aliphatic carbocycles. The molecule has 1 aliphatic rings. The van der Waals surface area contributed by atoms with Crippen LogP contribution in [-0.4, -0.2) is 29.7 Å². The van der Waals surface area contributed by atoms with Gasteiger partial charge in [-0.2, -0.15) is 0 Å². The van der Waals surface area contributed by atoms with Gasteiger partial charge in [-0.15, -0.1) is 0 Å². The van der Waals surface area contributed by atoms with Crippen LogP contribution in [0.15, 0.2) is 24.3 Å². The topological polar surface area (TPSA) is 23.5 Å². The maximum atomic E-state index is 8.93.